The first-order valence-corrected chi connectivity index (χ1v) is 9.29. The number of benzene rings is 1. The van der Waals surface area contributed by atoms with E-state index in [-0.39, 0.29) is 10.7 Å². The van der Waals surface area contributed by atoms with Crippen molar-refractivity contribution < 1.29 is 19.0 Å². The van der Waals surface area contributed by atoms with Gasteiger partial charge in [-0.15, -0.1) is 0 Å². The first-order valence-electron chi connectivity index (χ1n) is 8.91. The molecule has 1 aromatic carbocycles. The third kappa shape index (κ3) is 5.25. The molecule has 150 valence electrons. The van der Waals surface area contributed by atoms with E-state index in [9.17, 15) is 4.79 Å². The largest absolute Gasteiger partial charge is 0.492 e. The monoisotopic (exact) mass is 406 g/mol. The molecular weight excluding hydrogens is 384 g/mol. The number of nitrogen functional groups attached to an aromatic ring is 1. The summed E-state index contributed by atoms with van der Waals surface area (Å²) >= 11 is 6.04. The van der Waals surface area contributed by atoms with Gasteiger partial charge in [-0.3, -0.25) is 4.90 Å². The molecule has 28 heavy (non-hydrogen) atoms. The SMILES string of the molecule is COC(=O)c1ccc(Nc2ccc(OCCN3CCOCC3)cc2N)nc1Cl. The zero-order valence-corrected chi connectivity index (χ0v) is 16.4. The van der Waals surface area contributed by atoms with Gasteiger partial charge in [0.2, 0.25) is 0 Å². The van der Waals surface area contributed by atoms with Crippen LogP contribution in [0.2, 0.25) is 5.15 Å². The van der Waals surface area contributed by atoms with E-state index >= 15 is 0 Å². The van der Waals surface area contributed by atoms with Gasteiger partial charge in [0.15, 0.2) is 0 Å². The fourth-order valence-electron chi connectivity index (χ4n) is 2.77. The lowest BCUT2D eigenvalue weighted by molar-refractivity contribution is 0.0322. The third-order valence-corrected chi connectivity index (χ3v) is 4.61. The number of aromatic nitrogens is 1. The number of esters is 1. The van der Waals surface area contributed by atoms with E-state index in [0.29, 0.717) is 29.5 Å². The molecule has 1 aliphatic rings. The first kappa shape index (κ1) is 20.2. The molecule has 0 bridgehead atoms. The summed E-state index contributed by atoms with van der Waals surface area (Å²) in [5.41, 5.74) is 7.49. The Labute approximate surface area is 168 Å². The van der Waals surface area contributed by atoms with Crippen molar-refractivity contribution in [3.8, 4) is 5.75 Å². The lowest BCUT2D eigenvalue weighted by atomic mass is 10.2. The smallest absolute Gasteiger partial charge is 0.341 e. The molecule has 0 radical (unpaired) electrons. The minimum absolute atomic E-state index is 0.0542. The van der Waals surface area contributed by atoms with E-state index in [2.05, 4.69) is 19.9 Å². The van der Waals surface area contributed by atoms with E-state index in [1.165, 1.54) is 7.11 Å². The molecule has 1 fully saturated rings. The summed E-state index contributed by atoms with van der Waals surface area (Å²) in [5, 5.41) is 3.14. The fraction of sp³-hybridized carbons (Fsp3) is 0.368. The van der Waals surface area contributed by atoms with Crippen LogP contribution in [0.25, 0.3) is 0 Å². The van der Waals surface area contributed by atoms with Crippen molar-refractivity contribution >= 4 is 34.8 Å². The number of morpholine rings is 1. The Morgan fingerprint density at radius 2 is 2.11 bits per heavy atom. The highest BCUT2D eigenvalue weighted by Crippen LogP contribution is 2.28. The summed E-state index contributed by atoms with van der Waals surface area (Å²) in [7, 11) is 1.29. The molecule has 8 nitrogen and oxygen atoms in total. The number of nitrogens with one attached hydrogen (secondary N) is 1. The van der Waals surface area contributed by atoms with Crippen LogP contribution in [0.15, 0.2) is 30.3 Å². The Morgan fingerprint density at radius 3 is 2.79 bits per heavy atom. The number of ether oxygens (including phenoxy) is 3. The Morgan fingerprint density at radius 1 is 1.32 bits per heavy atom. The van der Waals surface area contributed by atoms with Gasteiger partial charge in [0.25, 0.3) is 0 Å². The van der Waals surface area contributed by atoms with E-state index in [4.69, 9.17) is 26.8 Å². The number of hydrogen-bond donors (Lipinski definition) is 2. The number of hydrogen-bond acceptors (Lipinski definition) is 8. The van der Waals surface area contributed by atoms with Gasteiger partial charge in [0.05, 0.1) is 37.3 Å². The summed E-state index contributed by atoms with van der Waals surface area (Å²) in [6, 6.07) is 8.57. The van der Waals surface area contributed by atoms with Crippen molar-refractivity contribution in [2.45, 2.75) is 0 Å². The van der Waals surface area contributed by atoms with Crippen molar-refractivity contribution in [2.24, 2.45) is 0 Å². The van der Waals surface area contributed by atoms with Crippen molar-refractivity contribution in [2.75, 3.05) is 57.6 Å². The minimum atomic E-state index is -0.540. The highest BCUT2D eigenvalue weighted by atomic mass is 35.5. The average Bonchev–Trinajstić information content (AvgIpc) is 2.70. The molecule has 0 spiro atoms. The Balaban J connectivity index is 1.58. The van der Waals surface area contributed by atoms with Gasteiger partial charge in [-0.1, -0.05) is 11.6 Å². The maximum Gasteiger partial charge on any atom is 0.341 e. The average molecular weight is 407 g/mol. The maximum absolute atomic E-state index is 11.6. The van der Waals surface area contributed by atoms with Crippen molar-refractivity contribution in [3.05, 3.63) is 41.0 Å². The second kappa shape index (κ2) is 9.59. The van der Waals surface area contributed by atoms with Gasteiger partial charge in [0.1, 0.15) is 23.3 Å². The number of carbonyl (C=O) groups excluding carboxylic acids is 1. The molecule has 2 aromatic rings. The number of anilines is 3. The van der Waals surface area contributed by atoms with Crippen LogP contribution in [-0.2, 0) is 9.47 Å². The van der Waals surface area contributed by atoms with Crippen LogP contribution in [0.4, 0.5) is 17.2 Å². The van der Waals surface area contributed by atoms with Crippen LogP contribution in [-0.4, -0.2) is 62.4 Å². The first-order chi connectivity index (χ1) is 13.6. The summed E-state index contributed by atoms with van der Waals surface area (Å²) in [4.78, 5) is 18.0. The van der Waals surface area contributed by atoms with Crippen LogP contribution in [0.5, 0.6) is 5.75 Å². The molecule has 1 saturated heterocycles. The predicted molar refractivity (Wildman–Crippen MR) is 107 cm³/mol. The molecule has 1 aromatic heterocycles. The Kier molecular flexibility index (Phi) is 6.91. The molecule has 3 N–H and O–H groups in total. The number of methoxy groups -OCH3 is 1. The molecular formula is C19H23ClN4O4. The molecule has 0 aliphatic carbocycles. The summed E-state index contributed by atoms with van der Waals surface area (Å²) in [6.07, 6.45) is 0. The lowest BCUT2D eigenvalue weighted by Gasteiger charge is -2.26. The quantitative estimate of drug-likeness (QED) is 0.411. The fourth-order valence-corrected chi connectivity index (χ4v) is 3.00. The van der Waals surface area contributed by atoms with Gasteiger partial charge >= 0.3 is 5.97 Å². The van der Waals surface area contributed by atoms with E-state index in [0.717, 1.165) is 32.8 Å². The maximum atomic E-state index is 11.6. The Bertz CT molecular complexity index is 828. The standard InChI is InChI=1S/C19H23ClN4O4/c1-26-19(25)14-3-5-17(23-18(14)20)22-16-4-2-13(12-15(16)21)28-11-8-24-6-9-27-10-7-24/h2-5,12H,6-11,21H2,1H3,(H,22,23). The molecule has 2 heterocycles. The molecule has 0 amide bonds. The highest BCUT2D eigenvalue weighted by molar-refractivity contribution is 6.32. The van der Waals surface area contributed by atoms with Gasteiger partial charge in [-0.05, 0) is 24.3 Å². The molecule has 0 unspecified atom stereocenters. The number of halogens is 1. The van der Waals surface area contributed by atoms with Gasteiger partial charge < -0.3 is 25.3 Å². The van der Waals surface area contributed by atoms with Crippen molar-refractivity contribution in [1.82, 2.24) is 9.88 Å². The number of carbonyl (C=O) groups is 1. The number of rotatable bonds is 7. The van der Waals surface area contributed by atoms with Crippen LogP contribution in [0.3, 0.4) is 0 Å². The topological polar surface area (TPSA) is 98.9 Å². The molecule has 1 aliphatic heterocycles. The van der Waals surface area contributed by atoms with Crippen LogP contribution < -0.4 is 15.8 Å². The number of nitrogens with two attached hydrogens (primary N) is 1. The predicted octanol–water partition coefficient (Wildman–Crippen LogP) is 2.56. The van der Waals surface area contributed by atoms with E-state index in [1.54, 1.807) is 18.2 Å². The summed E-state index contributed by atoms with van der Waals surface area (Å²) in [5.74, 6) is 0.621. The normalized spacial score (nSPS) is 14.5. The van der Waals surface area contributed by atoms with Crippen molar-refractivity contribution in [3.63, 3.8) is 0 Å². The van der Waals surface area contributed by atoms with E-state index in [1.807, 2.05) is 12.1 Å². The van der Waals surface area contributed by atoms with Crippen LogP contribution in [0, 0.1) is 0 Å². The zero-order chi connectivity index (χ0) is 19.9. The third-order valence-electron chi connectivity index (χ3n) is 4.32. The molecule has 9 heteroatoms. The summed E-state index contributed by atoms with van der Waals surface area (Å²) in [6.45, 7) is 4.83. The van der Waals surface area contributed by atoms with E-state index < -0.39 is 5.97 Å². The highest BCUT2D eigenvalue weighted by Gasteiger charge is 2.13. The second-order valence-electron chi connectivity index (χ2n) is 6.20. The van der Waals surface area contributed by atoms with Gasteiger partial charge in [0, 0.05) is 25.7 Å². The lowest BCUT2D eigenvalue weighted by Crippen LogP contribution is -2.38. The summed E-state index contributed by atoms with van der Waals surface area (Å²) < 4.78 is 15.8. The molecule has 0 saturated carbocycles. The van der Waals surface area contributed by atoms with Crippen LogP contribution >= 0.6 is 11.6 Å². The van der Waals surface area contributed by atoms with Crippen LogP contribution in [0.1, 0.15) is 10.4 Å². The molecule has 3 rings (SSSR count). The minimum Gasteiger partial charge on any atom is -0.492 e. The Hall–Kier alpha value is -2.55. The molecule has 0 atom stereocenters. The second-order valence-corrected chi connectivity index (χ2v) is 6.56. The number of pyridine rings is 1. The number of nitrogens with zero attached hydrogens (tertiary/aromatic N) is 2. The zero-order valence-electron chi connectivity index (χ0n) is 15.6. The van der Waals surface area contributed by atoms with Gasteiger partial charge in [-0.25, -0.2) is 9.78 Å². The van der Waals surface area contributed by atoms with Gasteiger partial charge in [-0.2, -0.15) is 0 Å². The van der Waals surface area contributed by atoms with Crippen molar-refractivity contribution in [1.29, 1.82) is 0 Å².